The van der Waals surface area contributed by atoms with Crippen LogP contribution in [-0.4, -0.2) is 49.7 Å². The monoisotopic (exact) mass is 336 g/mol. The van der Waals surface area contributed by atoms with Crippen LogP contribution in [0.15, 0.2) is 23.1 Å². The third-order valence-electron chi connectivity index (χ3n) is 4.81. The van der Waals surface area contributed by atoms with E-state index in [4.69, 9.17) is 0 Å². The third kappa shape index (κ3) is 3.43. The Morgan fingerprint density at radius 1 is 1.04 bits per heavy atom. The molecule has 6 heteroatoms. The van der Waals surface area contributed by atoms with Gasteiger partial charge in [0.05, 0.1) is 4.90 Å². The second-order valence-electron chi connectivity index (χ2n) is 6.60. The molecule has 0 unspecified atom stereocenters. The Bertz CT molecular complexity index is 711. The Kier molecular flexibility index (Phi) is 4.47. The molecule has 0 bridgehead atoms. The molecule has 1 aromatic carbocycles. The van der Waals surface area contributed by atoms with Crippen LogP contribution >= 0.6 is 0 Å². The fourth-order valence-electron chi connectivity index (χ4n) is 2.97. The van der Waals surface area contributed by atoms with Crippen molar-refractivity contribution in [2.24, 2.45) is 5.92 Å². The lowest BCUT2D eigenvalue weighted by molar-refractivity contribution is -0.132. The van der Waals surface area contributed by atoms with E-state index in [-0.39, 0.29) is 11.8 Å². The fourth-order valence-corrected chi connectivity index (χ4v) is 4.52. The number of rotatable bonds is 3. The smallest absolute Gasteiger partial charge is 0.243 e. The molecule has 5 nitrogen and oxygen atoms in total. The van der Waals surface area contributed by atoms with Crippen molar-refractivity contribution in [3.05, 3.63) is 29.3 Å². The van der Waals surface area contributed by atoms with E-state index in [1.165, 1.54) is 4.31 Å². The van der Waals surface area contributed by atoms with Gasteiger partial charge in [0.2, 0.25) is 15.9 Å². The van der Waals surface area contributed by atoms with Gasteiger partial charge in [0, 0.05) is 32.1 Å². The molecule has 126 valence electrons. The molecule has 1 heterocycles. The quantitative estimate of drug-likeness (QED) is 0.847. The number of carbonyl (C=O) groups is 1. The number of carbonyl (C=O) groups excluding carboxylic acids is 1. The summed E-state index contributed by atoms with van der Waals surface area (Å²) < 4.78 is 27.2. The molecule has 0 atom stereocenters. The molecule has 1 saturated heterocycles. The highest BCUT2D eigenvalue weighted by molar-refractivity contribution is 7.89. The summed E-state index contributed by atoms with van der Waals surface area (Å²) >= 11 is 0. The summed E-state index contributed by atoms with van der Waals surface area (Å²) in [4.78, 5) is 14.4. The SMILES string of the molecule is Cc1ccc(S(=O)(=O)N2CCCN(C(=O)C3CC3)CC2)cc1C. The first-order chi connectivity index (χ1) is 10.9. The van der Waals surface area contributed by atoms with Gasteiger partial charge in [-0.05, 0) is 56.4 Å². The molecule has 0 N–H and O–H groups in total. The molecule has 0 radical (unpaired) electrons. The Balaban J connectivity index is 1.75. The molecule has 2 fully saturated rings. The van der Waals surface area contributed by atoms with Gasteiger partial charge in [0.1, 0.15) is 0 Å². The van der Waals surface area contributed by atoms with Crippen LogP contribution in [0.5, 0.6) is 0 Å². The zero-order valence-electron chi connectivity index (χ0n) is 13.8. The van der Waals surface area contributed by atoms with Gasteiger partial charge < -0.3 is 4.90 Å². The van der Waals surface area contributed by atoms with E-state index in [2.05, 4.69) is 0 Å². The average molecular weight is 336 g/mol. The van der Waals surface area contributed by atoms with E-state index in [9.17, 15) is 13.2 Å². The maximum atomic E-state index is 12.8. The normalized spacial score (nSPS) is 20.3. The summed E-state index contributed by atoms with van der Waals surface area (Å²) in [5, 5.41) is 0. The first-order valence-electron chi connectivity index (χ1n) is 8.26. The van der Waals surface area contributed by atoms with Crippen LogP contribution in [0.1, 0.15) is 30.4 Å². The molecule has 1 amide bonds. The molecule has 1 aliphatic carbocycles. The van der Waals surface area contributed by atoms with E-state index in [1.54, 1.807) is 12.1 Å². The largest absolute Gasteiger partial charge is 0.341 e. The molecule has 2 aliphatic rings. The van der Waals surface area contributed by atoms with Crippen LogP contribution < -0.4 is 0 Å². The van der Waals surface area contributed by atoms with Gasteiger partial charge in [-0.3, -0.25) is 4.79 Å². The highest BCUT2D eigenvalue weighted by atomic mass is 32.2. The van der Waals surface area contributed by atoms with Crippen molar-refractivity contribution in [1.29, 1.82) is 0 Å². The van der Waals surface area contributed by atoms with Gasteiger partial charge in [-0.15, -0.1) is 0 Å². The van der Waals surface area contributed by atoms with Gasteiger partial charge in [-0.2, -0.15) is 4.31 Å². The van der Waals surface area contributed by atoms with Gasteiger partial charge in [-0.25, -0.2) is 8.42 Å². The molecule has 0 spiro atoms. The summed E-state index contributed by atoms with van der Waals surface area (Å²) in [5.41, 5.74) is 2.06. The molecule has 3 rings (SSSR count). The second kappa shape index (κ2) is 6.24. The Hall–Kier alpha value is -1.40. The molecule has 1 aliphatic heterocycles. The lowest BCUT2D eigenvalue weighted by atomic mass is 10.1. The van der Waals surface area contributed by atoms with Crippen molar-refractivity contribution in [2.75, 3.05) is 26.2 Å². The van der Waals surface area contributed by atoms with Crippen LogP contribution in [0.4, 0.5) is 0 Å². The number of nitrogens with zero attached hydrogens (tertiary/aromatic N) is 2. The summed E-state index contributed by atoms with van der Waals surface area (Å²) in [6.07, 6.45) is 2.67. The zero-order chi connectivity index (χ0) is 16.6. The van der Waals surface area contributed by atoms with Gasteiger partial charge in [0.25, 0.3) is 0 Å². The molecule has 0 aromatic heterocycles. The highest BCUT2D eigenvalue weighted by Gasteiger charge is 2.35. The Morgan fingerprint density at radius 3 is 2.43 bits per heavy atom. The zero-order valence-corrected chi connectivity index (χ0v) is 14.6. The standard InChI is InChI=1S/C17H24N2O3S/c1-13-4-7-16(12-14(13)2)23(21,22)19-9-3-8-18(10-11-19)17(20)15-5-6-15/h4,7,12,15H,3,5-6,8-11H2,1-2H3. The third-order valence-corrected chi connectivity index (χ3v) is 6.70. The number of amides is 1. The van der Waals surface area contributed by atoms with E-state index in [1.807, 2.05) is 24.8 Å². The first kappa shape index (κ1) is 16.5. The van der Waals surface area contributed by atoms with Crippen molar-refractivity contribution in [3.63, 3.8) is 0 Å². The summed E-state index contributed by atoms with van der Waals surface area (Å²) in [6.45, 7) is 5.91. The van der Waals surface area contributed by atoms with Gasteiger partial charge in [0.15, 0.2) is 0 Å². The summed E-state index contributed by atoms with van der Waals surface area (Å²) in [6, 6.07) is 5.27. The number of benzene rings is 1. The maximum absolute atomic E-state index is 12.8. The predicted molar refractivity (Wildman–Crippen MR) is 88.6 cm³/mol. The first-order valence-corrected chi connectivity index (χ1v) is 9.70. The van der Waals surface area contributed by atoms with E-state index < -0.39 is 10.0 Å². The topological polar surface area (TPSA) is 57.7 Å². The van der Waals surface area contributed by atoms with E-state index in [0.717, 1.165) is 24.0 Å². The fraction of sp³-hybridized carbons (Fsp3) is 0.588. The van der Waals surface area contributed by atoms with Crippen LogP contribution in [0.3, 0.4) is 0 Å². The average Bonchev–Trinajstić information content (AvgIpc) is 3.35. The molecule has 1 aromatic rings. The van der Waals surface area contributed by atoms with E-state index in [0.29, 0.717) is 37.5 Å². The molecular formula is C17H24N2O3S. The Morgan fingerprint density at radius 2 is 1.78 bits per heavy atom. The number of aryl methyl sites for hydroxylation is 2. The summed E-state index contributed by atoms with van der Waals surface area (Å²) in [5.74, 6) is 0.397. The minimum absolute atomic E-state index is 0.193. The minimum atomic E-state index is -3.48. The van der Waals surface area contributed by atoms with Crippen molar-refractivity contribution >= 4 is 15.9 Å². The van der Waals surface area contributed by atoms with Gasteiger partial charge >= 0.3 is 0 Å². The van der Waals surface area contributed by atoms with Gasteiger partial charge in [-0.1, -0.05) is 6.07 Å². The van der Waals surface area contributed by atoms with Crippen molar-refractivity contribution in [3.8, 4) is 0 Å². The summed E-state index contributed by atoms with van der Waals surface area (Å²) in [7, 11) is -3.48. The minimum Gasteiger partial charge on any atom is -0.341 e. The lowest BCUT2D eigenvalue weighted by Crippen LogP contribution is -2.38. The molecular weight excluding hydrogens is 312 g/mol. The maximum Gasteiger partial charge on any atom is 0.243 e. The van der Waals surface area contributed by atoms with Crippen LogP contribution in [-0.2, 0) is 14.8 Å². The molecule has 1 saturated carbocycles. The van der Waals surface area contributed by atoms with Crippen molar-refractivity contribution < 1.29 is 13.2 Å². The predicted octanol–water partition coefficient (Wildman–Crippen LogP) is 1.94. The van der Waals surface area contributed by atoms with E-state index >= 15 is 0 Å². The lowest BCUT2D eigenvalue weighted by Gasteiger charge is -2.22. The van der Waals surface area contributed by atoms with Crippen LogP contribution in [0.2, 0.25) is 0 Å². The molecule has 23 heavy (non-hydrogen) atoms. The van der Waals surface area contributed by atoms with Crippen LogP contribution in [0, 0.1) is 19.8 Å². The Labute approximate surface area is 138 Å². The van der Waals surface area contributed by atoms with Crippen molar-refractivity contribution in [1.82, 2.24) is 9.21 Å². The number of hydrogen-bond donors (Lipinski definition) is 0. The second-order valence-corrected chi connectivity index (χ2v) is 8.54. The highest BCUT2D eigenvalue weighted by Crippen LogP contribution is 2.31. The number of hydrogen-bond acceptors (Lipinski definition) is 3. The van der Waals surface area contributed by atoms with Crippen molar-refractivity contribution in [2.45, 2.75) is 38.0 Å². The van der Waals surface area contributed by atoms with Crippen LogP contribution in [0.25, 0.3) is 0 Å². The number of sulfonamides is 1.